The minimum atomic E-state index is 1.14. The van der Waals surface area contributed by atoms with Crippen LogP contribution in [0.3, 0.4) is 0 Å². The van der Waals surface area contributed by atoms with E-state index in [0.717, 1.165) is 5.69 Å². The number of anilines is 3. The number of benzene rings is 7. The molecule has 0 amide bonds. The van der Waals surface area contributed by atoms with Crippen molar-refractivity contribution in [2.75, 3.05) is 4.90 Å². The first-order chi connectivity index (χ1) is 19.8. The normalized spacial score (nSPS) is 11.5. The Labute approximate surface area is 237 Å². The van der Waals surface area contributed by atoms with E-state index in [2.05, 4.69) is 157 Å². The van der Waals surface area contributed by atoms with Crippen molar-refractivity contribution in [3.05, 3.63) is 152 Å². The van der Waals surface area contributed by atoms with E-state index >= 15 is 0 Å². The molecule has 0 bridgehead atoms. The standard InChI is InChI=1S/C38H25NS/c1-2-14-29(15-3-1)39(34-19-10-13-26-11-4-6-16-30(26)34)35-24-22-27-12-5-7-17-31(27)38(35)28-21-23-33-32-18-8-9-20-36(32)40-37(33)25-28/h1-25H. The minimum Gasteiger partial charge on any atom is -0.309 e. The van der Waals surface area contributed by atoms with Gasteiger partial charge in [-0.1, -0.05) is 115 Å². The molecule has 8 rings (SSSR count). The summed E-state index contributed by atoms with van der Waals surface area (Å²) in [5.41, 5.74) is 5.95. The van der Waals surface area contributed by atoms with E-state index in [-0.39, 0.29) is 0 Å². The number of thiophene rings is 1. The maximum Gasteiger partial charge on any atom is 0.0546 e. The molecule has 0 aliphatic carbocycles. The van der Waals surface area contributed by atoms with Gasteiger partial charge in [-0.3, -0.25) is 0 Å². The zero-order chi connectivity index (χ0) is 26.5. The molecule has 0 N–H and O–H groups in total. The van der Waals surface area contributed by atoms with Crippen LogP contribution in [0.5, 0.6) is 0 Å². The molecule has 0 aliphatic heterocycles. The van der Waals surface area contributed by atoms with Gasteiger partial charge in [-0.15, -0.1) is 11.3 Å². The summed E-state index contributed by atoms with van der Waals surface area (Å²) < 4.78 is 2.64. The minimum absolute atomic E-state index is 1.14. The summed E-state index contributed by atoms with van der Waals surface area (Å²) in [4.78, 5) is 2.43. The van der Waals surface area contributed by atoms with Gasteiger partial charge in [0.2, 0.25) is 0 Å². The van der Waals surface area contributed by atoms with Crippen LogP contribution in [0, 0.1) is 0 Å². The summed E-state index contributed by atoms with van der Waals surface area (Å²) in [7, 11) is 0. The largest absolute Gasteiger partial charge is 0.309 e. The average Bonchev–Trinajstić information content (AvgIpc) is 3.39. The number of hydrogen-bond acceptors (Lipinski definition) is 2. The van der Waals surface area contributed by atoms with Crippen molar-refractivity contribution in [1.82, 2.24) is 0 Å². The van der Waals surface area contributed by atoms with Crippen molar-refractivity contribution in [2.45, 2.75) is 0 Å². The maximum absolute atomic E-state index is 2.43. The van der Waals surface area contributed by atoms with Crippen LogP contribution in [0.2, 0.25) is 0 Å². The Balaban J connectivity index is 1.46. The monoisotopic (exact) mass is 527 g/mol. The third-order valence-electron chi connectivity index (χ3n) is 7.84. The van der Waals surface area contributed by atoms with Gasteiger partial charge in [0.25, 0.3) is 0 Å². The SMILES string of the molecule is c1ccc(N(c2ccc3ccccc3c2-c2ccc3c(c2)sc2ccccc23)c2cccc3ccccc23)cc1. The van der Waals surface area contributed by atoms with Gasteiger partial charge in [-0.05, 0) is 58.1 Å². The molecule has 1 nitrogen and oxygen atoms in total. The lowest BCUT2D eigenvalue weighted by molar-refractivity contribution is 1.30. The third kappa shape index (κ3) is 3.69. The quantitative estimate of drug-likeness (QED) is 0.220. The van der Waals surface area contributed by atoms with Crippen LogP contribution >= 0.6 is 11.3 Å². The molecule has 0 unspecified atom stereocenters. The molecule has 188 valence electrons. The van der Waals surface area contributed by atoms with Crippen LogP contribution in [0.15, 0.2) is 152 Å². The van der Waals surface area contributed by atoms with E-state index in [4.69, 9.17) is 0 Å². The Kier molecular flexibility index (Phi) is 5.39. The number of rotatable bonds is 4. The van der Waals surface area contributed by atoms with Crippen molar-refractivity contribution >= 4 is 70.1 Å². The second-order valence-corrected chi connectivity index (χ2v) is 11.2. The molecule has 7 aromatic carbocycles. The molecule has 0 aliphatic rings. The Hall–Kier alpha value is -4.92. The zero-order valence-electron chi connectivity index (χ0n) is 21.8. The topological polar surface area (TPSA) is 3.24 Å². The Bertz CT molecular complexity index is 2170. The number of para-hydroxylation sites is 1. The van der Waals surface area contributed by atoms with Crippen LogP contribution in [0.1, 0.15) is 0 Å². The molecule has 0 spiro atoms. The summed E-state index contributed by atoms with van der Waals surface area (Å²) in [6.45, 7) is 0. The number of nitrogens with zero attached hydrogens (tertiary/aromatic N) is 1. The first-order valence-electron chi connectivity index (χ1n) is 13.6. The zero-order valence-corrected chi connectivity index (χ0v) is 22.6. The van der Waals surface area contributed by atoms with Gasteiger partial charge in [0, 0.05) is 36.8 Å². The summed E-state index contributed by atoms with van der Waals surface area (Å²) in [6, 6.07) is 55.0. The lowest BCUT2D eigenvalue weighted by Gasteiger charge is -2.29. The van der Waals surface area contributed by atoms with E-state index in [9.17, 15) is 0 Å². The molecule has 0 saturated heterocycles. The second kappa shape index (κ2) is 9.37. The lowest BCUT2D eigenvalue weighted by Crippen LogP contribution is -2.12. The fourth-order valence-corrected chi connectivity index (χ4v) is 7.16. The van der Waals surface area contributed by atoms with E-state index in [1.165, 1.54) is 64.2 Å². The molecule has 1 aromatic heterocycles. The van der Waals surface area contributed by atoms with Gasteiger partial charge < -0.3 is 4.90 Å². The van der Waals surface area contributed by atoms with E-state index in [0.29, 0.717) is 0 Å². The molecule has 40 heavy (non-hydrogen) atoms. The van der Waals surface area contributed by atoms with Crippen molar-refractivity contribution in [2.24, 2.45) is 0 Å². The van der Waals surface area contributed by atoms with E-state index < -0.39 is 0 Å². The van der Waals surface area contributed by atoms with Gasteiger partial charge in [0.15, 0.2) is 0 Å². The van der Waals surface area contributed by atoms with Crippen LogP contribution in [0.25, 0.3) is 52.8 Å². The fourth-order valence-electron chi connectivity index (χ4n) is 6.02. The van der Waals surface area contributed by atoms with Gasteiger partial charge in [-0.2, -0.15) is 0 Å². The number of hydrogen-bond donors (Lipinski definition) is 0. The van der Waals surface area contributed by atoms with Gasteiger partial charge in [-0.25, -0.2) is 0 Å². The van der Waals surface area contributed by atoms with E-state index in [1.54, 1.807) is 0 Å². The average molecular weight is 528 g/mol. The summed E-state index contributed by atoms with van der Waals surface area (Å²) in [6.07, 6.45) is 0. The maximum atomic E-state index is 2.43. The smallest absolute Gasteiger partial charge is 0.0546 e. The summed E-state index contributed by atoms with van der Waals surface area (Å²) >= 11 is 1.87. The van der Waals surface area contributed by atoms with Crippen molar-refractivity contribution in [3.63, 3.8) is 0 Å². The third-order valence-corrected chi connectivity index (χ3v) is 8.97. The molecule has 0 atom stereocenters. The Morgan fingerprint density at radius 2 is 1.05 bits per heavy atom. The molecule has 2 heteroatoms. The van der Waals surface area contributed by atoms with Crippen molar-refractivity contribution < 1.29 is 0 Å². The Morgan fingerprint density at radius 3 is 1.90 bits per heavy atom. The van der Waals surface area contributed by atoms with Crippen LogP contribution < -0.4 is 4.90 Å². The predicted octanol–water partition coefficient (Wildman–Crippen LogP) is 11.5. The molecular weight excluding hydrogens is 502 g/mol. The van der Waals surface area contributed by atoms with Gasteiger partial charge in [0.1, 0.15) is 0 Å². The molecule has 8 aromatic rings. The highest BCUT2D eigenvalue weighted by atomic mass is 32.1. The molecule has 0 saturated carbocycles. The molecule has 0 fully saturated rings. The van der Waals surface area contributed by atoms with Crippen LogP contribution in [-0.4, -0.2) is 0 Å². The van der Waals surface area contributed by atoms with Crippen LogP contribution in [0.4, 0.5) is 17.1 Å². The highest BCUT2D eigenvalue weighted by Gasteiger charge is 2.21. The first kappa shape index (κ1) is 23.0. The molecular formula is C38H25NS. The second-order valence-electron chi connectivity index (χ2n) is 10.2. The molecule has 1 heterocycles. The first-order valence-corrected chi connectivity index (χ1v) is 14.4. The summed E-state index contributed by atoms with van der Waals surface area (Å²) in [5, 5.41) is 7.60. The predicted molar refractivity (Wildman–Crippen MR) is 174 cm³/mol. The highest BCUT2D eigenvalue weighted by Crippen LogP contribution is 2.47. The Morgan fingerprint density at radius 1 is 0.400 bits per heavy atom. The van der Waals surface area contributed by atoms with Crippen molar-refractivity contribution in [1.29, 1.82) is 0 Å². The van der Waals surface area contributed by atoms with Crippen molar-refractivity contribution in [3.8, 4) is 11.1 Å². The lowest BCUT2D eigenvalue weighted by atomic mass is 9.94. The fraction of sp³-hybridized carbons (Fsp3) is 0. The van der Waals surface area contributed by atoms with Gasteiger partial charge in [0.05, 0.1) is 11.4 Å². The molecule has 0 radical (unpaired) electrons. The summed E-state index contributed by atoms with van der Waals surface area (Å²) in [5.74, 6) is 0. The number of fused-ring (bicyclic) bond motifs is 5. The van der Waals surface area contributed by atoms with Gasteiger partial charge >= 0.3 is 0 Å². The van der Waals surface area contributed by atoms with Crippen LogP contribution in [-0.2, 0) is 0 Å². The highest BCUT2D eigenvalue weighted by molar-refractivity contribution is 7.25. The van der Waals surface area contributed by atoms with E-state index in [1.807, 2.05) is 11.3 Å².